The van der Waals surface area contributed by atoms with Crippen molar-refractivity contribution < 1.29 is 9.53 Å². The second-order valence-electron chi connectivity index (χ2n) is 6.43. The number of rotatable bonds is 5. The molecule has 1 atom stereocenters. The van der Waals surface area contributed by atoms with Crippen LogP contribution in [0.15, 0.2) is 54.3 Å². The number of fused-ring (bicyclic) bond motifs is 1. The fourth-order valence-electron chi connectivity index (χ4n) is 3.15. The van der Waals surface area contributed by atoms with Crippen molar-refractivity contribution in [3.05, 3.63) is 70.3 Å². The molecule has 5 nitrogen and oxygen atoms in total. The molecule has 2 aromatic heterocycles. The zero-order valence-corrected chi connectivity index (χ0v) is 15.7. The molecule has 4 rings (SSSR count). The van der Waals surface area contributed by atoms with E-state index in [1.165, 1.54) is 0 Å². The Hall–Kier alpha value is -2.99. The molecule has 0 fully saturated rings. The Kier molecular flexibility index (Phi) is 4.98. The number of carbonyl (C=O) groups is 1. The first-order valence-corrected chi connectivity index (χ1v) is 9.63. The monoisotopic (exact) mass is 377 g/mol. The minimum Gasteiger partial charge on any atom is -0.487 e. The predicted molar refractivity (Wildman–Crippen MR) is 107 cm³/mol. The summed E-state index contributed by atoms with van der Waals surface area (Å²) in [6.45, 7) is 2.52. The van der Waals surface area contributed by atoms with Crippen LogP contribution in [-0.4, -0.2) is 28.5 Å². The number of hydrogen-bond donors (Lipinski definition) is 1. The van der Waals surface area contributed by atoms with Crippen LogP contribution in [0.1, 0.15) is 16.0 Å². The van der Waals surface area contributed by atoms with Gasteiger partial charge in [-0.25, -0.2) is 0 Å². The van der Waals surface area contributed by atoms with Crippen LogP contribution in [0.25, 0.3) is 17.3 Å². The molecule has 3 aromatic rings. The van der Waals surface area contributed by atoms with Gasteiger partial charge in [0.1, 0.15) is 11.9 Å². The SMILES string of the molecule is Cc1cc2c(c(-c3cnccn3)c1)OC(CNC(=O)C=Cc1cccs1)C2. The molecule has 27 heavy (non-hydrogen) atoms. The molecule has 136 valence electrons. The fraction of sp³-hybridized carbons (Fsp3) is 0.190. The maximum absolute atomic E-state index is 12.0. The lowest BCUT2D eigenvalue weighted by Crippen LogP contribution is -2.33. The van der Waals surface area contributed by atoms with Crippen LogP contribution >= 0.6 is 11.3 Å². The van der Waals surface area contributed by atoms with Crippen LogP contribution in [0, 0.1) is 6.92 Å². The molecule has 0 radical (unpaired) electrons. The fourth-order valence-corrected chi connectivity index (χ4v) is 3.77. The normalized spacial score (nSPS) is 15.5. The van der Waals surface area contributed by atoms with Crippen molar-refractivity contribution in [1.29, 1.82) is 0 Å². The number of nitrogens with zero attached hydrogens (tertiary/aromatic N) is 2. The number of nitrogens with one attached hydrogen (secondary N) is 1. The molecule has 0 saturated heterocycles. The number of aryl methyl sites for hydroxylation is 1. The van der Waals surface area contributed by atoms with Crippen LogP contribution in [0.2, 0.25) is 0 Å². The maximum atomic E-state index is 12.0. The highest BCUT2D eigenvalue weighted by atomic mass is 32.1. The summed E-state index contributed by atoms with van der Waals surface area (Å²) >= 11 is 1.60. The molecule has 1 N–H and O–H groups in total. The van der Waals surface area contributed by atoms with Gasteiger partial charge >= 0.3 is 0 Å². The molecule has 0 bridgehead atoms. The van der Waals surface area contributed by atoms with Gasteiger partial charge in [-0.1, -0.05) is 12.1 Å². The summed E-state index contributed by atoms with van der Waals surface area (Å²) in [6, 6.07) is 8.13. The Labute approximate surface area is 161 Å². The first-order chi connectivity index (χ1) is 13.2. The van der Waals surface area contributed by atoms with E-state index in [1.807, 2.05) is 23.6 Å². The molecule has 0 spiro atoms. The van der Waals surface area contributed by atoms with Crippen LogP contribution < -0.4 is 10.1 Å². The summed E-state index contributed by atoms with van der Waals surface area (Å²) in [5, 5.41) is 4.91. The highest BCUT2D eigenvalue weighted by Gasteiger charge is 2.27. The van der Waals surface area contributed by atoms with E-state index in [0.717, 1.165) is 39.4 Å². The van der Waals surface area contributed by atoms with E-state index in [0.29, 0.717) is 6.54 Å². The molecule has 6 heteroatoms. The number of carbonyl (C=O) groups excluding carboxylic acids is 1. The summed E-state index contributed by atoms with van der Waals surface area (Å²) in [5.74, 6) is 0.725. The standard InChI is InChI=1S/C21H19N3O2S/c1-14-9-15-11-16(12-24-20(25)5-4-17-3-2-8-27-17)26-21(15)18(10-14)19-13-22-6-7-23-19/h2-10,13,16H,11-12H2,1H3,(H,24,25). The van der Waals surface area contributed by atoms with Crippen LogP contribution in [0.4, 0.5) is 0 Å². The van der Waals surface area contributed by atoms with E-state index in [-0.39, 0.29) is 12.0 Å². The lowest BCUT2D eigenvalue weighted by Gasteiger charge is -2.13. The van der Waals surface area contributed by atoms with Crippen molar-refractivity contribution in [2.45, 2.75) is 19.4 Å². The van der Waals surface area contributed by atoms with Crippen molar-refractivity contribution in [3.63, 3.8) is 0 Å². The van der Waals surface area contributed by atoms with Gasteiger partial charge in [0.2, 0.25) is 5.91 Å². The second-order valence-corrected chi connectivity index (χ2v) is 7.41. The number of amides is 1. The Balaban J connectivity index is 1.43. The average Bonchev–Trinajstić information content (AvgIpc) is 3.34. The van der Waals surface area contributed by atoms with E-state index in [2.05, 4.69) is 34.3 Å². The van der Waals surface area contributed by atoms with E-state index in [9.17, 15) is 4.79 Å². The quantitative estimate of drug-likeness (QED) is 0.690. The summed E-state index contributed by atoms with van der Waals surface area (Å²) in [5.41, 5.74) is 4.04. The first kappa shape index (κ1) is 17.4. The predicted octanol–water partition coefficient (Wildman–Crippen LogP) is 3.65. The summed E-state index contributed by atoms with van der Waals surface area (Å²) in [6.07, 6.45) is 9.13. The lowest BCUT2D eigenvalue weighted by atomic mass is 10.0. The Morgan fingerprint density at radius 3 is 3.11 bits per heavy atom. The summed E-state index contributed by atoms with van der Waals surface area (Å²) in [7, 11) is 0. The minimum absolute atomic E-state index is 0.0868. The minimum atomic E-state index is -0.117. The molecule has 1 aromatic carbocycles. The van der Waals surface area contributed by atoms with Crippen LogP contribution in [0.3, 0.4) is 0 Å². The van der Waals surface area contributed by atoms with Gasteiger partial charge in [-0.05, 0) is 41.6 Å². The van der Waals surface area contributed by atoms with Gasteiger partial charge < -0.3 is 10.1 Å². The third-order valence-corrected chi connectivity index (χ3v) is 5.17. The van der Waals surface area contributed by atoms with Crippen molar-refractivity contribution >= 4 is 23.3 Å². The zero-order valence-electron chi connectivity index (χ0n) is 14.9. The third-order valence-electron chi connectivity index (χ3n) is 4.33. The number of thiophene rings is 1. The van der Waals surface area contributed by atoms with Crippen molar-refractivity contribution in [1.82, 2.24) is 15.3 Å². The van der Waals surface area contributed by atoms with Gasteiger partial charge in [0.05, 0.1) is 18.4 Å². The molecule has 3 heterocycles. The van der Waals surface area contributed by atoms with Gasteiger partial charge in [-0.3, -0.25) is 14.8 Å². The molecule has 1 aliphatic rings. The number of aromatic nitrogens is 2. The van der Waals surface area contributed by atoms with Gasteiger partial charge in [0, 0.05) is 35.3 Å². The Bertz CT molecular complexity index is 969. The highest BCUT2D eigenvalue weighted by molar-refractivity contribution is 7.10. The molecule has 1 amide bonds. The molecule has 1 aliphatic heterocycles. The van der Waals surface area contributed by atoms with E-state index < -0.39 is 0 Å². The van der Waals surface area contributed by atoms with Gasteiger partial charge in [-0.15, -0.1) is 11.3 Å². The molecule has 0 aliphatic carbocycles. The van der Waals surface area contributed by atoms with Gasteiger partial charge in [0.25, 0.3) is 0 Å². The smallest absolute Gasteiger partial charge is 0.244 e. The van der Waals surface area contributed by atoms with Crippen LogP contribution in [-0.2, 0) is 11.2 Å². The maximum Gasteiger partial charge on any atom is 0.244 e. The molecular weight excluding hydrogens is 358 g/mol. The van der Waals surface area contributed by atoms with E-state index in [4.69, 9.17) is 4.74 Å². The molecule has 1 unspecified atom stereocenters. The Morgan fingerprint density at radius 2 is 2.33 bits per heavy atom. The van der Waals surface area contributed by atoms with Gasteiger partial charge in [0.15, 0.2) is 0 Å². The zero-order chi connectivity index (χ0) is 18.6. The summed E-state index contributed by atoms with van der Waals surface area (Å²) in [4.78, 5) is 21.6. The van der Waals surface area contributed by atoms with Gasteiger partial charge in [-0.2, -0.15) is 0 Å². The lowest BCUT2D eigenvalue weighted by molar-refractivity contribution is -0.116. The second kappa shape index (κ2) is 7.72. The van der Waals surface area contributed by atoms with Crippen molar-refractivity contribution in [2.75, 3.05) is 6.54 Å². The largest absolute Gasteiger partial charge is 0.487 e. The average molecular weight is 377 g/mol. The van der Waals surface area contributed by atoms with Crippen LogP contribution in [0.5, 0.6) is 5.75 Å². The molecule has 0 saturated carbocycles. The summed E-state index contributed by atoms with van der Waals surface area (Å²) < 4.78 is 6.14. The third kappa shape index (κ3) is 4.06. The van der Waals surface area contributed by atoms with Crippen molar-refractivity contribution in [2.24, 2.45) is 0 Å². The number of hydrogen-bond acceptors (Lipinski definition) is 5. The number of benzene rings is 1. The highest BCUT2D eigenvalue weighted by Crippen LogP contribution is 2.38. The van der Waals surface area contributed by atoms with E-state index in [1.54, 1.807) is 36.0 Å². The topological polar surface area (TPSA) is 64.1 Å². The Morgan fingerprint density at radius 1 is 1.41 bits per heavy atom. The first-order valence-electron chi connectivity index (χ1n) is 8.75. The molecular formula is C21H19N3O2S. The number of ether oxygens (including phenoxy) is 1. The van der Waals surface area contributed by atoms with Crippen molar-refractivity contribution in [3.8, 4) is 17.0 Å². The van der Waals surface area contributed by atoms with E-state index >= 15 is 0 Å².